The summed E-state index contributed by atoms with van der Waals surface area (Å²) in [6, 6.07) is 10.2. The molecule has 144 valence electrons. The first kappa shape index (κ1) is 23.1. The van der Waals surface area contributed by atoms with E-state index < -0.39 is 0 Å². The van der Waals surface area contributed by atoms with Crippen molar-refractivity contribution >= 4 is 31.9 Å². The van der Waals surface area contributed by atoms with Crippen molar-refractivity contribution in [1.82, 2.24) is 0 Å². The zero-order valence-electron chi connectivity index (χ0n) is 15.1. The molecule has 0 radical (unpaired) electrons. The second kappa shape index (κ2) is 17.5. The predicted octanol–water partition coefficient (Wildman–Crippen LogP) is 5.74. The maximum atomic E-state index is 5.98. The molecule has 1 aromatic rings. The minimum absolute atomic E-state index is 0.0175. The number of ether oxygens (including phenoxy) is 3. The lowest BCUT2D eigenvalue weighted by Crippen LogP contribution is -2.26. The molecule has 0 amide bonds. The second-order valence-electron chi connectivity index (χ2n) is 6.07. The number of unbranched alkanes of at least 4 members (excludes halogenated alkanes) is 4. The molecule has 0 aliphatic heterocycles. The summed E-state index contributed by atoms with van der Waals surface area (Å²) in [5.41, 5.74) is 1.19. The van der Waals surface area contributed by atoms with Crippen molar-refractivity contribution in [2.75, 3.05) is 37.1 Å². The van der Waals surface area contributed by atoms with Crippen LogP contribution in [-0.2, 0) is 20.8 Å². The highest BCUT2D eigenvalue weighted by molar-refractivity contribution is 9.09. The van der Waals surface area contributed by atoms with Gasteiger partial charge in [0.25, 0.3) is 0 Å². The summed E-state index contributed by atoms with van der Waals surface area (Å²) in [4.78, 5) is 0. The number of hydrogen-bond acceptors (Lipinski definition) is 3. The van der Waals surface area contributed by atoms with Crippen LogP contribution in [0.25, 0.3) is 0 Å². The first-order valence-electron chi connectivity index (χ1n) is 9.29. The molecule has 0 N–H and O–H groups in total. The minimum atomic E-state index is 0.0175. The maximum Gasteiger partial charge on any atom is 0.104 e. The van der Waals surface area contributed by atoms with Crippen molar-refractivity contribution in [3.8, 4) is 0 Å². The van der Waals surface area contributed by atoms with Crippen LogP contribution in [0.15, 0.2) is 30.3 Å². The summed E-state index contributed by atoms with van der Waals surface area (Å²) < 4.78 is 17.6. The Balaban J connectivity index is 2.20. The molecule has 5 heteroatoms. The third-order valence-electron chi connectivity index (χ3n) is 3.77. The molecule has 0 bridgehead atoms. The Kier molecular flexibility index (Phi) is 16.1. The first-order chi connectivity index (χ1) is 12.4. The van der Waals surface area contributed by atoms with Gasteiger partial charge in [0.2, 0.25) is 0 Å². The fourth-order valence-corrected chi connectivity index (χ4v) is 3.13. The van der Waals surface area contributed by atoms with Gasteiger partial charge in [-0.05, 0) is 31.2 Å². The SMILES string of the molecule is BrCCCCCOCC(COCc1ccccc1)OCCCCCBr. The fraction of sp³-hybridized carbons (Fsp3) is 0.700. The number of hydrogen-bond donors (Lipinski definition) is 0. The van der Waals surface area contributed by atoms with E-state index in [2.05, 4.69) is 44.0 Å². The molecule has 0 saturated heterocycles. The molecule has 0 aromatic heterocycles. The highest BCUT2D eigenvalue weighted by Crippen LogP contribution is 2.06. The molecule has 0 heterocycles. The Morgan fingerprint density at radius 2 is 1.36 bits per heavy atom. The van der Waals surface area contributed by atoms with Gasteiger partial charge in [-0.1, -0.05) is 75.0 Å². The van der Waals surface area contributed by atoms with Crippen LogP contribution in [0.1, 0.15) is 44.1 Å². The van der Waals surface area contributed by atoms with Gasteiger partial charge in [0.05, 0.1) is 19.8 Å². The molecule has 1 atom stereocenters. The van der Waals surface area contributed by atoms with E-state index in [0.29, 0.717) is 19.8 Å². The summed E-state index contributed by atoms with van der Waals surface area (Å²) >= 11 is 6.92. The zero-order valence-corrected chi connectivity index (χ0v) is 18.3. The van der Waals surface area contributed by atoms with Gasteiger partial charge in [-0.25, -0.2) is 0 Å². The van der Waals surface area contributed by atoms with Crippen molar-refractivity contribution in [2.24, 2.45) is 0 Å². The molecule has 1 rings (SSSR count). The molecule has 0 spiro atoms. The highest BCUT2D eigenvalue weighted by atomic mass is 79.9. The summed E-state index contributed by atoms with van der Waals surface area (Å²) in [6.45, 7) is 3.39. The molecule has 0 aliphatic rings. The van der Waals surface area contributed by atoms with Gasteiger partial charge in [0, 0.05) is 23.9 Å². The van der Waals surface area contributed by atoms with Crippen molar-refractivity contribution in [3.63, 3.8) is 0 Å². The van der Waals surface area contributed by atoms with Gasteiger partial charge in [-0.15, -0.1) is 0 Å². The average molecular weight is 480 g/mol. The summed E-state index contributed by atoms with van der Waals surface area (Å²) in [5.74, 6) is 0. The van der Waals surface area contributed by atoms with Crippen LogP contribution in [0, 0.1) is 0 Å². The largest absolute Gasteiger partial charge is 0.379 e. The van der Waals surface area contributed by atoms with E-state index >= 15 is 0 Å². The van der Waals surface area contributed by atoms with Crippen LogP contribution < -0.4 is 0 Å². The molecule has 1 aromatic carbocycles. The van der Waals surface area contributed by atoms with Crippen LogP contribution in [0.4, 0.5) is 0 Å². The van der Waals surface area contributed by atoms with Gasteiger partial charge in [0.15, 0.2) is 0 Å². The Hall–Kier alpha value is 0.0600. The van der Waals surface area contributed by atoms with E-state index in [0.717, 1.165) is 36.7 Å². The minimum Gasteiger partial charge on any atom is -0.379 e. The van der Waals surface area contributed by atoms with Crippen molar-refractivity contribution < 1.29 is 14.2 Å². The molecule has 3 nitrogen and oxygen atoms in total. The standard InChI is InChI=1S/C20H32Br2O3/c21-12-6-2-8-14-23-17-20(25-15-9-3-7-13-22)18-24-16-19-10-4-1-5-11-19/h1,4-5,10-11,20H,2-3,6-9,12-18H2. The van der Waals surface area contributed by atoms with E-state index in [9.17, 15) is 0 Å². The number of benzene rings is 1. The highest BCUT2D eigenvalue weighted by Gasteiger charge is 2.10. The molecule has 0 fully saturated rings. The molecular formula is C20H32Br2O3. The summed E-state index contributed by atoms with van der Waals surface area (Å²) in [5, 5.41) is 2.13. The van der Waals surface area contributed by atoms with E-state index in [1.54, 1.807) is 0 Å². The van der Waals surface area contributed by atoms with Gasteiger partial charge >= 0.3 is 0 Å². The molecule has 0 aliphatic carbocycles. The van der Waals surface area contributed by atoms with E-state index in [-0.39, 0.29) is 6.10 Å². The lowest BCUT2D eigenvalue weighted by atomic mass is 10.2. The smallest absolute Gasteiger partial charge is 0.104 e. The van der Waals surface area contributed by atoms with Crippen molar-refractivity contribution in [3.05, 3.63) is 35.9 Å². The Labute approximate surface area is 170 Å². The summed E-state index contributed by atoms with van der Waals surface area (Å²) in [7, 11) is 0. The number of alkyl halides is 2. The molecule has 1 unspecified atom stereocenters. The third-order valence-corrected chi connectivity index (χ3v) is 4.89. The normalized spacial score (nSPS) is 12.4. The Morgan fingerprint density at radius 3 is 2.04 bits per heavy atom. The van der Waals surface area contributed by atoms with Crippen LogP contribution in [0.2, 0.25) is 0 Å². The lowest BCUT2D eigenvalue weighted by molar-refractivity contribution is -0.0644. The molecule has 25 heavy (non-hydrogen) atoms. The average Bonchev–Trinajstić information content (AvgIpc) is 2.64. The number of rotatable bonds is 17. The zero-order chi connectivity index (χ0) is 18.0. The van der Waals surface area contributed by atoms with Crippen molar-refractivity contribution in [1.29, 1.82) is 0 Å². The predicted molar refractivity (Wildman–Crippen MR) is 112 cm³/mol. The van der Waals surface area contributed by atoms with Crippen LogP contribution in [0.3, 0.4) is 0 Å². The first-order valence-corrected chi connectivity index (χ1v) is 11.5. The third kappa shape index (κ3) is 13.9. The van der Waals surface area contributed by atoms with E-state index in [4.69, 9.17) is 14.2 Å². The van der Waals surface area contributed by atoms with E-state index in [1.165, 1.54) is 31.2 Å². The summed E-state index contributed by atoms with van der Waals surface area (Å²) in [6.07, 6.45) is 7.01. The molecular weight excluding hydrogens is 448 g/mol. The van der Waals surface area contributed by atoms with Gasteiger partial charge in [-0.3, -0.25) is 0 Å². The van der Waals surface area contributed by atoms with Crippen LogP contribution in [-0.4, -0.2) is 43.2 Å². The monoisotopic (exact) mass is 478 g/mol. The van der Waals surface area contributed by atoms with Crippen LogP contribution >= 0.6 is 31.9 Å². The Morgan fingerprint density at radius 1 is 0.720 bits per heavy atom. The topological polar surface area (TPSA) is 27.7 Å². The quantitative estimate of drug-likeness (QED) is 0.211. The second-order valence-corrected chi connectivity index (χ2v) is 7.65. The lowest BCUT2D eigenvalue weighted by Gasteiger charge is -2.18. The van der Waals surface area contributed by atoms with E-state index in [1.807, 2.05) is 18.2 Å². The Bertz CT molecular complexity index is 390. The van der Waals surface area contributed by atoms with Gasteiger partial charge < -0.3 is 14.2 Å². The van der Waals surface area contributed by atoms with Crippen LogP contribution in [0.5, 0.6) is 0 Å². The van der Waals surface area contributed by atoms with Crippen molar-refractivity contribution in [2.45, 2.75) is 51.2 Å². The van der Waals surface area contributed by atoms with Gasteiger partial charge in [-0.2, -0.15) is 0 Å². The van der Waals surface area contributed by atoms with Gasteiger partial charge in [0.1, 0.15) is 6.10 Å². The fourth-order valence-electron chi connectivity index (χ4n) is 2.34. The molecule has 0 saturated carbocycles. The maximum absolute atomic E-state index is 5.98. The number of halogens is 2.